The highest BCUT2D eigenvalue weighted by atomic mass is 32.2. The second-order valence-electron chi connectivity index (χ2n) is 3.98. The highest BCUT2D eigenvalue weighted by Crippen LogP contribution is 2.31. The van der Waals surface area contributed by atoms with Crippen molar-refractivity contribution in [1.82, 2.24) is 15.0 Å². The summed E-state index contributed by atoms with van der Waals surface area (Å²) < 4.78 is 26.4. The van der Waals surface area contributed by atoms with E-state index in [-0.39, 0.29) is 10.6 Å². The summed E-state index contributed by atoms with van der Waals surface area (Å²) in [7, 11) is 0. The van der Waals surface area contributed by atoms with E-state index in [1.807, 2.05) is 0 Å². The fourth-order valence-electron chi connectivity index (χ4n) is 1.60. The van der Waals surface area contributed by atoms with Gasteiger partial charge in [0.1, 0.15) is 0 Å². The normalized spacial score (nSPS) is 10.9. The summed E-state index contributed by atoms with van der Waals surface area (Å²) in [6.07, 6.45) is 1.45. The van der Waals surface area contributed by atoms with Gasteiger partial charge in [0.15, 0.2) is 5.69 Å². The Balaban J connectivity index is 2.11. The number of nitrogens with one attached hydrogen (secondary N) is 1. The lowest BCUT2D eigenvalue weighted by atomic mass is 10.3. The molecule has 0 saturated carbocycles. The van der Waals surface area contributed by atoms with Crippen molar-refractivity contribution in [2.24, 2.45) is 5.73 Å². The molecule has 1 heterocycles. The van der Waals surface area contributed by atoms with E-state index in [0.29, 0.717) is 30.5 Å². The van der Waals surface area contributed by atoms with Crippen LogP contribution in [0.2, 0.25) is 0 Å². The number of benzene rings is 1. The van der Waals surface area contributed by atoms with Gasteiger partial charge in [-0.2, -0.15) is 8.78 Å². The first-order chi connectivity index (χ1) is 10.1. The molecule has 0 bridgehead atoms. The zero-order valence-electron chi connectivity index (χ0n) is 10.9. The number of thioether (sulfide) groups is 1. The number of carbonyl (C=O) groups is 1. The van der Waals surface area contributed by atoms with Crippen LogP contribution in [0, 0.1) is 0 Å². The van der Waals surface area contributed by atoms with Crippen LogP contribution in [0.1, 0.15) is 10.5 Å². The monoisotopic (exact) mass is 313 g/mol. The minimum Gasteiger partial charge on any atom is -0.329 e. The van der Waals surface area contributed by atoms with E-state index in [1.165, 1.54) is 16.9 Å². The lowest BCUT2D eigenvalue weighted by Gasteiger charge is -2.08. The summed E-state index contributed by atoms with van der Waals surface area (Å²) in [5, 5.41) is 10.00. The molecule has 0 spiro atoms. The number of hydrogen-bond donors (Lipinski definition) is 2. The van der Waals surface area contributed by atoms with Crippen LogP contribution in [0.15, 0.2) is 35.4 Å². The Morgan fingerprint density at radius 2 is 2.19 bits per heavy atom. The molecule has 1 aromatic carbocycles. The Morgan fingerprint density at radius 1 is 1.43 bits per heavy atom. The molecule has 1 aromatic heterocycles. The number of hydrogen-bond acceptors (Lipinski definition) is 5. The summed E-state index contributed by atoms with van der Waals surface area (Å²) >= 11 is 0.370. The Morgan fingerprint density at radius 3 is 2.90 bits per heavy atom. The first-order valence-corrected chi connectivity index (χ1v) is 6.93. The Hall–Kier alpha value is -2.00. The van der Waals surface area contributed by atoms with Gasteiger partial charge >= 0.3 is 0 Å². The first kappa shape index (κ1) is 15.4. The third-order valence-electron chi connectivity index (χ3n) is 2.48. The molecule has 0 radical (unpaired) electrons. The molecule has 0 saturated heterocycles. The molecule has 0 aliphatic rings. The van der Waals surface area contributed by atoms with Gasteiger partial charge in [-0.15, -0.1) is 5.10 Å². The number of anilines is 1. The van der Waals surface area contributed by atoms with Crippen LogP contribution < -0.4 is 11.1 Å². The molecule has 0 unspecified atom stereocenters. The van der Waals surface area contributed by atoms with Crippen molar-refractivity contribution in [3.63, 3.8) is 0 Å². The smallest absolute Gasteiger partial charge is 0.288 e. The average molecular weight is 313 g/mol. The third-order valence-corrected chi connectivity index (χ3v) is 3.27. The minimum atomic E-state index is -2.56. The number of rotatable bonds is 6. The van der Waals surface area contributed by atoms with E-state index >= 15 is 0 Å². The van der Waals surface area contributed by atoms with Crippen molar-refractivity contribution < 1.29 is 13.6 Å². The van der Waals surface area contributed by atoms with Crippen molar-refractivity contribution in [3.05, 3.63) is 36.2 Å². The van der Waals surface area contributed by atoms with Gasteiger partial charge in [0.25, 0.3) is 11.7 Å². The molecule has 2 aromatic rings. The number of nitrogens with zero attached hydrogens (tertiary/aromatic N) is 3. The predicted octanol–water partition coefficient (Wildman–Crippen LogP) is 1.80. The number of alkyl halides is 2. The van der Waals surface area contributed by atoms with Gasteiger partial charge in [-0.25, -0.2) is 0 Å². The van der Waals surface area contributed by atoms with E-state index in [0.717, 1.165) is 0 Å². The molecule has 1 amide bonds. The molecule has 2 rings (SSSR count). The zero-order valence-corrected chi connectivity index (χ0v) is 11.7. The minimum absolute atomic E-state index is 0.0975. The predicted molar refractivity (Wildman–Crippen MR) is 75.3 cm³/mol. The fraction of sp³-hybridized carbons (Fsp3) is 0.250. The quantitative estimate of drug-likeness (QED) is 0.794. The highest BCUT2D eigenvalue weighted by Gasteiger charge is 2.15. The van der Waals surface area contributed by atoms with Crippen LogP contribution >= 0.6 is 11.8 Å². The lowest BCUT2D eigenvalue weighted by Crippen LogP contribution is -2.13. The molecule has 0 atom stereocenters. The Kier molecular flexibility index (Phi) is 5.23. The van der Waals surface area contributed by atoms with Crippen LogP contribution in [0.25, 0.3) is 0 Å². The third kappa shape index (κ3) is 4.23. The maximum atomic E-state index is 12.5. The van der Waals surface area contributed by atoms with Gasteiger partial charge < -0.3 is 11.1 Å². The van der Waals surface area contributed by atoms with Gasteiger partial charge in [-0.05, 0) is 12.1 Å². The molecule has 9 heteroatoms. The largest absolute Gasteiger partial charge is 0.329 e. The number of para-hydroxylation sites is 1. The van der Waals surface area contributed by atoms with E-state index in [1.54, 1.807) is 18.2 Å². The van der Waals surface area contributed by atoms with Crippen LogP contribution in [0.5, 0.6) is 0 Å². The van der Waals surface area contributed by atoms with Crippen molar-refractivity contribution >= 4 is 23.4 Å². The summed E-state index contributed by atoms with van der Waals surface area (Å²) in [5.74, 6) is -3.07. The average Bonchev–Trinajstić information content (AvgIpc) is 2.89. The molecule has 0 fully saturated rings. The van der Waals surface area contributed by atoms with E-state index in [9.17, 15) is 13.6 Å². The molecular weight excluding hydrogens is 300 g/mol. The van der Waals surface area contributed by atoms with E-state index < -0.39 is 11.7 Å². The van der Waals surface area contributed by atoms with Crippen LogP contribution in [0.4, 0.5) is 14.5 Å². The number of aromatic nitrogens is 3. The van der Waals surface area contributed by atoms with E-state index in [2.05, 4.69) is 15.6 Å². The summed E-state index contributed by atoms with van der Waals surface area (Å²) in [4.78, 5) is 12.3. The number of nitrogens with two attached hydrogens (primary N) is 1. The van der Waals surface area contributed by atoms with Gasteiger partial charge in [0, 0.05) is 11.4 Å². The second kappa shape index (κ2) is 7.14. The van der Waals surface area contributed by atoms with Crippen molar-refractivity contribution in [2.45, 2.75) is 17.2 Å². The maximum absolute atomic E-state index is 12.5. The molecule has 0 aliphatic heterocycles. The number of carbonyl (C=O) groups excluding carboxylic acids is 1. The Bertz CT molecular complexity index is 619. The van der Waals surface area contributed by atoms with Crippen LogP contribution in [-0.4, -0.2) is 33.2 Å². The first-order valence-electron chi connectivity index (χ1n) is 6.05. The standard InChI is InChI=1S/C12H13F2N5OS/c13-12(14)21-10-4-2-1-3-8(10)16-11(20)9-7-19(6-5-15)18-17-9/h1-4,7,12H,5-6,15H2,(H,16,20). The van der Waals surface area contributed by atoms with Gasteiger partial charge in [-0.1, -0.05) is 29.1 Å². The van der Waals surface area contributed by atoms with Crippen LogP contribution in [-0.2, 0) is 6.54 Å². The summed E-state index contributed by atoms with van der Waals surface area (Å²) in [6.45, 7) is 0.816. The summed E-state index contributed by atoms with van der Waals surface area (Å²) in [6, 6.07) is 6.33. The molecule has 0 aliphatic carbocycles. The molecule has 21 heavy (non-hydrogen) atoms. The summed E-state index contributed by atoms with van der Waals surface area (Å²) in [5.41, 5.74) is 5.78. The van der Waals surface area contributed by atoms with Crippen molar-refractivity contribution in [2.75, 3.05) is 11.9 Å². The lowest BCUT2D eigenvalue weighted by molar-refractivity contribution is 0.102. The number of amides is 1. The fourth-order valence-corrected chi connectivity index (χ4v) is 2.19. The topological polar surface area (TPSA) is 85.8 Å². The van der Waals surface area contributed by atoms with Gasteiger partial charge in [0.05, 0.1) is 18.4 Å². The highest BCUT2D eigenvalue weighted by molar-refractivity contribution is 7.99. The van der Waals surface area contributed by atoms with Gasteiger partial charge in [0.2, 0.25) is 0 Å². The SMILES string of the molecule is NCCn1cc(C(=O)Nc2ccccc2SC(F)F)nn1. The van der Waals surface area contributed by atoms with Gasteiger partial charge in [-0.3, -0.25) is 9.48 Å². The van der Waals surface area contributed by atoms with Crippen molar-refractivity contribution in [1.29, 1.82) is 0 Å². The maximum Gasteiger partial charge on any atom is 0.288 e. The second-order valence-corrected chi connectivity index (χ2v) is 5.02. The molecule has 112 valence electrons. The van der Waals surface area contributed by atoms with Crippen LogP contribution in [0.3, 0.4) is 0 Å². The molecule has 3 N–H and O–H groups in total. The Labute approximate surface area is 123 Å². The van der Waals surface area contributed by atoms with Crippen molar-refractivity contribution in [3.8, 4) is 0 Å². The molecular formula is C12H13F2N5OS. The number of halogens is 2. The van der Waals surface area contributed by atoms with E-state index in [4.69, 9.17) is 5.73 Å². The zero-order chi connectivity index (χ0) is 15.2. The molecule has 6 nitrogen and oxygen atoms in total.